The molecule has 1 nitrogen and oxygen atoms in total. The number of aliphatic hydroxyl groups excluding tert-OH is 1. The van der Waals surface area contributed by atoms with E-state index >= 15 is 0 Å². The Morgan fingerprint density at radius 2 is 1.68 bits per heavy atom. The largest absolute Gasteiger partial charge is 0.512 e. The third-order valence-corrected chi connectivity index (χ3v) is 2.82. The molecule has 1 aromatic rings. The molecule has 1 aliphatic carbocycles. The summed E-state index contributed by atoms with van der Waals surface area (Å²) in [5, 5.41) is 9.63. The standard InChI is InChI=1S/C12H18O.C5H5.Fe/c1-2-3-4-5-10-12(13)11-8-6-7-9-11;1-2-4-5-3-1;/h6-9,13H,2-5,10H2,1H3;1-5H;/q;-1;. The predicted octanol–water partition coefficient (Wildman–Crippen LogP) is 5.30. The molecule has 0 fully saturated rings. The number of hydrogen-bond donors (Lipinski definition) is 1. The maximum atomic E-state index is 9.63. The summed E-state index contributed by atoms with van der Waals surface area (Å²) >= 11 is 0. The Morgan fingerprint density at radius 1 is 1.05 bits per heavy atom. The molecular weight excluding hydrogens is 276 g/mol. The molecule has 1 aliphatic rings. The van der Waals surface area contributed by atoms with Crippen molar-refractivity contribution < 1.29 is 22.2 Å². The molecule has 1 aromatic carbocycles. The molecule has 106 valence electrons. The van der Waals surface area contributed by atoms with Crippen LogP contribution in [-0.2, 0) is 17.1 Å². The van der Waals surface area contributed by atoms with E-state index in [4.69, 9.17) is 0 Å². The second-order valence-electron chi connectivity index (χ2n) is 4.39. The maximum Gasteiger partial charge on any atom is 0.0994 e. The zero-order valence-electron chi connectivity index (χ0n) is 11.5. The van der Waals surface area contributed by atoms with Gasteiger partial charge in [0, 0.05) is 29.1 Å². The average Bonchev–Trinajstić information content (AvgIpc) is 3.09. The monoisotopic (exact) mass is 299 g/mol. The van der Waals surface area contributed by atoms with Gasteiger partial charge in [0.1, 0.15) is 0 Å². The minimum absolute atomic E-state index is 0. The average molecular weight is 299 g/mol. The molecule has 0 aromatic heterocycles. The summed E-state index contributed by atoms with van der Waals surface area (Å²) in [5.74, 6) is 0.543. The minimum atomic E-state index is 0. The Bertz CT molecular complexity index is 354. The zero-order chi connectivity index (χ0) is 13.1. The molecule has 0 radical (unpaired) electrons. The SMILES string of the molecule is CCCCCCC(O)=C1C=CC=C1.[Fe].c1cc[cH-]c1. The normalized spacial score (nSPS) is 11.7. The van der Waals surface area contributed by atoms with E-state index in [0.29, 0.717) is 5.76 Å². The molecule has 19 heavy (non-hydrogen) atoms. The van der Waals surface area contributed by atoms with E-state index in [0.717, 1.165) is 18.4 Å². The van der Waals surface area contributed by atoms with Crippen molar-refractivity contribution >= 4 is 0 Å². The van der Waals surface area contributed by atoms with Crippen molar-refractivity contribution in [1.29, 1.82) is 0 Å². The Morgan fingerprint density at radius 3 is 2.16 bits per heavy atom. The molecule has 0 bridgehead atoms. The van der Waals surface area contributed by atoms with E-state index in [1.54, 1.807) is 0 Å². The minimum Gasteiger partial charge on any atom is -0.512 e. The van der Waals surface area contributed by atoms with Gasteiger partial charge in [-0.3, -0.25) is 0 Å². The van der Waals surface area contributed by atoms with Crippen molar-refractivity contribution in [2.24, 2.45) is 0 Å². The Balaban J connectivity index is 0.000000454. The summed E-state index contributed by atoms with van der Waals surface area (Å²) in [7, 11) is 0. The van der Waals surface area contributed by atoms with Gasteiger partial charge in [-0.1, -0.05) is 50.5 Å². The fraction of sp³-hybridized carbons (Fsp3) is 0.353. The second kappa shape index (κ2) is 12.0. The van der Waals surface area contributed by atoms with Crippen molar-refractivity contribution in [2.45, 2.75) is 39.0 Å². The Kier molecular flexibility index (Phi) is 11.3. The number of allylic oxidation sites excluding steroid dienone is 6. The van der Waals surface area contributed by atoms with Gasteiger partial charge < -0.3 is 5.11 Å². The fourth-order valence-corrected chi connectivity index (χ4v) is 1.75. The van der Waals surface area contributed by atoms with Gasteiger partial charge in [-0.2, -0.15) is 18.2 Å². The zero-order valence-corrected chi connectivity index (χ0v) is 12.6. The molecular formula is C17H23FeO-. The van der Waals surface area contributed by atoms with Gasteiger partial charge in [0.25, 0.3) is 0 Å². The quantitative estimate of drug-likeness (QED) is 0.338. The van der Waals surface area contributed by atoms with Gasteiger partial charge >= 0.3 is 0 Å². The summed E-state index contributed by atoms with van der Waals surface area (Å²) in [6, 6.07) is 10.0. The number of unbranched alkanes of at least 4 members (excludes halogenated alkanes) is 3. The predicted molar refractivity (Wildman–Crippen MR) is 78.7 cm³/mol. The Hall–Kier alpha value is -1.11. The van der Waals surface area contributed by atoms with Gasteiger partial charge in [0.2, 0.25) is 0 Å². The van der Waals surface area contributed by atoms with Gasteiger partial charge in [-0.25, -0.2) is 12.1 Å². The van der Waals surface area contributed by atoms with Gasteiger partial charge in [-0.05, 0) is 6.42 Å². The molecule has 0 atom stereocenters. The summed E-state index contributed by atoms with van der Waals surface area (Å²) in [4.78, 5) is 0. The van der Waals surface area contributed by atoms with E-state index in [1.165, 1.54) is 19.3 Å². The molecule has 0 aliphatic heterocycles. The van der Waals surface area contributed by atoms with Crippen molar-refractivity contribution in [3.05, 3.63) is 66.0 Å². The number of aliphatic hydroxyl groups is 1. The van der Waals surface area contributed by atoms with E-state index in [9.17, 15) is 5.11 Å². The van der Waals surface area contributed by atoms with Crippen LogP contribution in [0.3, 0.4) is 0 Å². The van der Waals surface area contributed by atoms with Crippen LogP contribution < -0.4 is 0 Å². The van der Waals surface area contributed by atoms with E-state index in [-0.39, 0.29) is 17.1 Å². The van der Waals surface area contributed by atoms with E-state index < -0.39 is 0 Å². The van der Waals surface area contributed by atoms with Crippen LogP contribution in [-0.4, -0.2) is 5.11 Å². The third kappa shape index (κ3) is 8.58. The molecule has 0 heterocycles. The van der Waals surface area contributed by atoms with Crippen LogP contribution in [0, 0.1) is 0 Å². The number of hydrogen-bond acceptors (Lipinski definition) is 1. The second-order valence-corrected chi connectivity index (χ2v) is 4.39. The van der Waals surface area contributed by atoms with Crippen LogP contribution in [0.15, 0.2) is 66.0 Å². The summed E-state index contributed by atoms with van der Waals surface area (Å²) in [5.41, 5.74) is 0.983. The first kappa shape index (κ1) is 17.9. The van der Waals surface area contributed by atoms with Crippen LogP contribution in [0.2, 0.25) is 0 Å². The molecule has 2 rings (SSSR count). The third-order valence-electron chi connectivity index (χ3n) is 2.82. The van der Waals surface area contributed by atoms with Gasteiger partial charge in [0.05, 0.1) is 5.76 Å². The molecule has 0 spiro atoms. The first-order chi connectivity index (χ1) is 8.84. The van der Waals surface area contributed by atoms with Crippen molar-refractivity contribution in [3.8, 4) is 0 Å². The van der Waals surface area contributed by atoms with Crippen molar-refractivity contribution in [1.82, 2.24) is 0 Å². The molecule has 0 unspecified atom stereocenters. The number of rotatable bonds is 5. The Labute approximate surface area is 127 Å². The van der Waals surface area contributed by atoms with Gasteiger partial charge in [0.15, 0.2) is 0 Å². The van der Waals surface area contributed by atoms with Crippen molar-refractivity contribution in [2.75, 3.05) is 0 Å². The fourth-order valence-electron chi connectivity index (χ4n) is 1.75. The molecule has 0 amide bonds. The van der Waals surface area contributed by atoms with Crippen LogP contribution in [0.4, 0.5) is 0 Å². The van der Waals surface area contributed by atoms with E-state index in [2.05, 4.69) is 6.92 Å². The molecule has 1 N–H and O–H groups in total. The van der Waals surface area contributed by atoms with Crippen LogP contribution in [0.1, 0.15) is 39.0 Å². The summed E-state index contributed by atoms with van der Waals surface area (Å²) in [6.07, 6.45) is 13.5. The summed E-state index contributed by atoms with van der Waals surface area (Å²) < 4.78 is 0. The first-order valence-electron chi connectivity index (χ1n) is 6.78. The maximum absolute atomic E-state index is 9.63. The first-order valence-corrected chi connectivity index (χ1v) is 6.78. The summed E-state index contributed by atoms with van der Waals surface area (Å²) in [6.45, 7) is 2.20. The van der Waals surface area contributed by atoms with Crippen LogP contribution in [0.5, 0.6) is 0 Å². The molecule has 0 saturated heterocycles. The topological polar surface area (TPSA) is 20.2 Å². The smallest absolute Gasteiger partial charge is 0.0994 e. The van der Waals surface area contributed by atoms with Crippen LogP contribution >= 0.6 is 0 Å². The van der Waals surface area contributed by atoms with E-state index in [1.807, 2.05) is 54.6 Å². The molecule has 0 saturated carbocycles. The molecule has 2 heteroatoms. The van der Waals surface area contributed by atoms with Crippen molar-refractivity contribution in [3.63, 3.8) is 0 Å². The van der Waals surface area contributed by atoms with Crippen LogP contribution in [0.25, 0.3) is 0 Å². The van der Waals surface area contributed by atoms with Gasteiger partial charge in [-0.15, -0.1) is 0 Å².